The maximum Gasteiger partial charge on any atom is 0.291 e. The highest BCUT2D eigenvalue weighted by Crippen LogP contribution is 2.34. The SMILES string of the molecule is CCCCCN1CCC(c2c[nH]c3ccc(NC(=O)c4ccco4)cc23)CC1. The van der Waals surface area contributed by atoms with Gasteiger partial charge < -0.3 is 19.6 Å². The fourth-order valence-corrected chi connectivity index (χ4v) is 4.21. The summed E-state index contributed by atoms with van der Waals surface area (Å²) in [7, 11) is 0. The molecule has 1 aromatic carbocycles. The number of hydrogen-bond donors (Lipinski definition) is 2. The first-order valence-corrected chi connectivity index (χ1v) is 10.4. The summed E-state index contributed by atoms with van der Waals surface area (Å²) >= 11 is 0. The standard InChI is InChI=1S/C23H29N3O2/c1-2-3-4-11-26-12-9-17(10-13-26)20-16-24-21-8-7-18(15-19(20)21)25-23(27)22-6-5-14-28-22/h5-8,14-17,24H,2-4,9-13H2,1H3,(H,25,27). The van der Waals surface area contributed by atoms with Crippen LogP contribution in [-0.2, 0) is 0 Å². The smallest absolute Gasteiger partial charge is 0.291 e. The minimum Gasteiger partial charge on any atom is -0.459 e. The van der Waals surface area contributed by atoms with Gasteiger partial charge in [-0.25, -0.2) is 0 Å². The zero-order chi connectivity index (χ0) is 19.3. The summed E-state index contributed by atoms with van der Waals surface area (Å²) in [6.45, 7) is 5.85. The fourth-order valence-electron chi connectivity index (χ4n) is 4.21. The molecule has 0 radical (unpaired) electrons. The predicted octanol–water partition coefficient (Wildman–Crippen LogP) is 5.38. The number of amides is 1. The number of benzene rings is 1. The van der Waals surface area contributed by atoms with E-state index in [1.54, 1.807) is 12.1 Å². The molecule has 0 atom stereocenters. The van der Waals surface area contributed by atoms with Crippen LogP contribution in [0.1, 0.15) is 61.1 Å². The van der Waals surface area contributed by atoms with Gasteiger partial charge in [-0.2, -0.15) is 0 Å². The molecule has 4 rings (SSSR count). The van der Waals surface area contributed by atoms with Crippen LogP contribution in [0.25, 0.3) is 10.9 Å². The third-order valence-corrected chi connectivity index (χ3v) is 5.82. The Balaban J connectivity index is 1.44. The summed E-state index contributed by atoms with van der Waals surface area (Å²) < 4.78 is 5.18. The number of anilines is 1. The van der Waals surface area contributed by atoms with Gasteiger partial charge in [-0.1, -0.05) is 19.8 Å². The van der Waals surface area contributed by atoms with Gasteiger partial charge in [-0.3, -0.25) is 4.79 Å². The molecule has 0 aliphatic carbocycles. The molecule has 5 heteroatoms. The summed E-state index contributed by atoms with van der Waals surface area (Å²) in [5.74, 6) is 0.679. The van der Waals surface area contributed by atoms with Crippen molar-refractivity contribution in [3.63, 3.8) is 0 Å². The van der Waals surface area contributed by atoms with Gasteiger partial charge in [0.15, 0.2) is 5.76 Å². The molecule has 0 saturated carbocycles. The molecule has 0 bridgehead atoms. The molecule has 148 valence electrons. The zero-order valence-corrected chi connectivity index (χ0v) is 16.5. The molecule has 1 saturated heterocycles. The van der Waals surface area contributed by atoms with Crippen molar-refractivity contribution in [2.75, 3.05) is 25.0 Å². The number of furan rings is 1. The summed E-state index contributed by atoms with van der Waals surface area (Å²) in [5, 5.41) is 4.15. The van der Waals surface area contributed by atoms with E-state index in [0.29, 0.717) is 11.7 Å². The Morgan fingerprint density at radius 1 is 1.25 bits per heavy atom. The van der Waals surface area contributed by atoms with Crippen molar-refractivity contribution in [1.29, 1.82) is 0 Å². The highest BCUT2D eigenvalue weighted by atomic mass is 16.3. The van der Waals surface area contributed by atoms with Gasteiger partial charge in [0, 0.05) is 22.8 Å². The van der Waals surface area contributed by atoms with Crippen molar-refractivity contribution in [3.8, 4) is 0 Å². The van der Waals surface area contributed by atoms with E-state index >= 15 is 0 Å². The molecule has 5 nitrogen and oxygen atoms in total. The lowest BCUT2D eigenvalue weighted by molar-refractivity contribution is 0.0996. The van der Waals surface area contributed by atoms with Gasteiger partial charge in [0.1, 0.15) is 0 Å². The van der Waals surface area contributed by atoms with Crippen molar-refractivity contribution in [3.05, 3.63) is 54.1 Å². The van der Waals surface area contributed by atoms with Gasteiger partial charge in [0.05, 0.1) is 6.26 Å². The van der Waals surface area contributed by atoms with E-state index in [-0.39, 0.29) is 5.91 Å². The first kappa shape index (κ1) is 18.8. The summed E-state index contributed by atoms with van der Waals surface area (Å²) in [4.78, 5) is 18.3. The number of likely N-dealkylation sites (tertiary alicyclic amines) is 1. The van der Waals surface area contributed by atoms with Crippen molar-refractivity contribution in [2.45, 2.75) is 44.9 Å². The first-order chi connectivity index (χ1) is 13.7. The molecule has 3 heterocycles. The molecule has 0 unspecified atom stereocenters. The van der Waals surface area contributed by atoms with Gasteiger partial charge in [0.2, 0.25) is 0 Å². The number of fused-ring (bicyclic) bond motifs is 1. The Kier molecular flexibility index (Phi) is 5.81. The van der Waals surface area contributed by atoms with Crippen LogP contribution >= 0.6 is 0 Å². The van der Waals surface area contributed by atoms with Gasteiger partial charge >= 0.3 is 0 Å². The Bertz CT molecular complexity index is 905. The van der Waals surface area contributed by atoms with Crippen LogP contribution in [-0.4, -0.2) is 35.4 Å². The molecule has 1 aliphatic heterocycles. The fraction of sp³-hybridized carbons (Fsp3) is 0.435. The second-order valence-electron chi connectivity index (χ2n) is 7.76. The molecule has 1 amide bonds. The highest BCUT2D eigenvalue weighted by molar-refractivity contribution is 6.03. The Labute approximate surface area is 166 Å². The number of piperidine rings is 1. The topological polar surface area (TPSA) is 61.3 Å². The number of rotatable bonds is 7. The van der Waals surface area contributed by atoms with E-state index in [0.717, 1.165) is 11.2 Å². The van der Waals surface area contributed by atoms with Crippen molar-refractivity contribution < 1.29 is 9.21 Å². The lowest BCUT2D eigenvalue weighted by atomic mass is 9.89. The molecule has 2 aromatic heterocycles. The number of carbonyl (C=O) groups is 1. The van der Waals surface area contributed by atoms with Gasteiger partial charge in [-0.15, -0.1) is 0 Å². The van der Waals surface area contributed by atoms with E-state index in [1.807, 2.05) is 12.1 Å². The third-order valence-electron chi connectivity index (χ3n) is 5.82. The van der Waals surface area contributed by atoms with Gasteiger partial charge in [-0.05, 0) is 80.7 Å². The highest BCUT2D eigenvalue weighted by Gasteiger charge is 2.22. The summed E-state index contributed by atoms with van der Waals surface area (Å²) in [5.41, 5.74) is 3.29. The zero-order valence-electron chi connectivity index (χ0n) is 16.5. The third kappa shape index (κ3) is 4.14. The molecular formula is C23H29N3O2. The molecule has 1 aliphatic rings. The van der Waals surface area contributed by atoms with E-state index in [9.17, 15) is 4.79 Å². The van der Waals surface area contributed by atoms with Crippen LogP contribution in [0.3, 0.4) is 0 Å². The summed E-state index contributed by atoms with van der Waals surface area (Å²) in [6.07, 6.45) is 9.98. The molecule has 0 spiro atoms. The number of nitrogens with zero attached hydrogens (tertiary/aromatic N) is 1. The summed E-state index contributed by atoms with van der Waals surface area (Å²) in [6, 6.07) is 9.44. The van der Waals surface area contributed by atoms with E-state index in [1.165, 1.54) is 69.0 Å². The van der Waals surface area contributed by atoms with Crippen molar-refractivity contribution in [2.24, 2.45) is 0 Å². The van der Waals surface area contributed by atoms with Crippen LogP contribution in [0, 0.1) is 0 Å². The van der Waals surface area contributed by atoms with E-state index in [4.69, 9.17) is 4.42 Å². The number of hydrogen-bond acceptors (Lipinski definition) is 3. The number of H-pyrrole nitrogens is 1. The Morgan fingerprint density at radius 2 is 2.11 bits per heavy atom. The molecule has 1 fully saturated rings. The maximum absolute atomic E-state index is 12.3. The minimum absolute atomic E-state index is 0.221. The second-order valence-corrected chi connectivity index (χ2v) is 7.76. The van der Waals surface area contributed by atoms with Crippen LogP contribution in [0.4, 0.5) is 5.69 Å². The average Bonchev–Trinajstić information content (AvgIpc) is 3.39. The lowest BCUT2D eigenvalue weighted by Crippen LogP contribution is -2.33. The predicted molar refractivity (Wildman–Crippen MR) is 113 cm³/mol. The van der Waals surface area contributed by atoms with Crippen LogP contribution < -0.4 is 5.32 Å². The number of aromatic nitrogens is 1. The second kappa shape index (κ2) is 8.65. The largest absolute Gasteiger partial charge is 0.459 e. The van der Waals surface area contributed by atoms with Crippen molar-refractivity contribution >= 4 is 22.5 Å². The average molecular weight is 380 g/mol. The van der Waals surface area contributed by atoms with Crippen molar-refractivity contribution in [1.82, 2.24) is 9.88 Å². The van der Waals surface area contributed by atoms with E-state index in [2.05, 4.69) is 34.4 Å². The lowest BCUT2D eigenvalue weighted by Gasteiger charge is -2.32. The maximum atomic E-state index is 12.3. The Hall–Kier alpha value is -2.53. The molecule has 28 heavy (non-hydrogen) atoms. The first-order valence-electron chi connectivity index (χ1n) is 10.4. The quantitative estimate of drug-likeness (QED) is 0.542. The van der Waals surface area contributed by atoms with E-state index < -0.39 is 0 Å². The van der Waals surface area contributed by atoms with Crippen LogP contribution in [0.2, 0.25) is 0 Å². The Morgan fingerprint density at radius 3 is 2.86 bits per heavy atom. The minimum atomic E-state index is -0.221. The van der Waals surface area contributed by atoms with Gasteiger partial charge in [0.25, 0.3) is 5.91 Å². The van der Waals surface area contributed by atoms with Crippen LogP contribution in [0.5, 0.6) is 0 Å². The normalized spacial score (nSPS) is 15.9. The molecule has 2 N–H and O–H groups in total. The monoisotopic (exact) mass is 379 g/mol. The number of unbranched alkanes of at least 4 members (excludes halogenated alkanes) is 2. The van der Waals surface area contributed by atoms with Crippen LogP contribution in [0.15, 0.2) is 47.2 Å². The number of aromatic amines is 1. The molecular weight excluding hydrogens is 350 g/mol. The number of carbonyl (C=O) groups excluding carboxylic acids is 1. The molecule has 3 aromatic rings. The number of nitrogens with one attached hydrogen (secondary N) is 2.